The second kappa shape index (κ2) is 6.86. The van der Waals surface area contributed by atoms with E-state index in [-0.39, 0.29) is 18.7 Å². The number of rotatable bonds is 6. The van der Waals surface area contributed by atoms with Gasteiger partial charge in [0.1, 0.15) is 0 Å². The summed E-state index contributed by atoms with van der Waals surface area (Å²) in [6.07, 6.45) is 0.719. The minimum absolute atomic E-state index is 0.0836. The fourth-order valence-electron chi connectivity index (χ4n) is 1.64. The van der Waals surface area contributed by atoms with Gasteiger partial charge in [0.15, 0.2) is 0 Å². The summed E-state index contributed by atoms with van der Waals surface area (Å²) in [4.78, 5) is 0. The van der Waals surface area contributed by atoms with Gasteiger partial charge in [0, 0.05) is 30.3 Å². The number of hydrogen-bond donors (Lipinski definition) is 3. The van der Waals surface area contributed by atoms with E-state index >= 15 is 0 Å². The molecule has 0 aliphatic carbocycles. The molecule has 1 aromatic rings. The topological polar surface area (TPSA) is 58.3 Å². The second-order valence-electron chi connectivity index (χ2n) is 3.92. The van der Waals surface area contributed by atoms with Gasteiger partial charge in [-0.25, -0.2) is 0 Å². The van der Waals surface area contributed by atoms with Crippen molar-refractivity contribution in [2.45, 2.75) is 25.4 Å². The summed E-state index contributed by atoms with van der Waals surface area (Å²) >= 11 is 5.94. The lowest BCUT2D eigenvalue weighted by atomic mass is 10.1. The molecule has 16 heavy (non-hydrogen) atoms. The molecule has 0 aliphatic heterocycles. The Labute approximate surface area is 102 Å². The molecule has 0 aliphatic rings. The Balaban J connectivity index is 2.67. The summed E-state index contributed by atoms with van der Waals surface area (Å²) in [5.41, 5.74) is 6.81. The van der Waals surface area contributed by atoms with E-state index in [4.69, 9.17) is 22.4 Å². The molecule has 2 unspecified atom stereocenters. The molecular weight excluding hydrogens is 224 g/mol. The first-order valence-electron chi connectivity index (χ1n) is 5.49. The maximum Gasteiger partial charge on any atom is 0.0447 e. The van der Waals surface area contributed by atoms with Crippen LogP contribution in [-0.4, -0.2) is 24.3 Å². The highest BCUT2D eigenvalue weighted by molar-refractivity contribution is 6.30. The lowest BCUT2D eigenvalue weighted by Gasteiger charge is -2.22. The molecule has 3 nitrogen and oxygen atoms in total. The molecule has 0 saturated heterocycles. The van der Waals surface area contributed by atoms with Gasteiger partial charge in [-0.1, -0.05) is 23.7 Å². The van der Waals surface area contributed by atoms with Gasteiger partial charge in [0.05, 0.1) is 0 Å². The van der Waals surface area contributed by atoms with Gasteiger partial charge in [-0.15, -0.1) is 0 Å². The Morgan fingerprint density at radius 1 is 1.50 bits per heavy atom. The van der Waals surface area contributed by atoms with E-state index in [9.17, 15) is 0 Å². The Bertz CT molecular complexity index is 320. The zero-order chi connectivity index (χ0) is 12.0. The third kappa shape index (κ3) is 4.10. The molecule has 0 radical (unpaired) electrons. The molecule has 0 amide bonds. The highest BCUT2D eigenvalue weighted by Gasteiger charge is 2.12. The fourth-order valence-corrected chi connectivity index (χ4v) is 1.84. The number of aliphatic hydroxyl groups excluding tert-OH is 1. The number of nitrogens with two attached hydrogens (primary N) is 1. The Kier molecular flexibility index (Phi) is 5.77. The van der Waals surface area contributed by atoms with Crippen LogP contribution in [-0.2, 0) is 0 Å². The summed E-state index contributed by atoms with van der Waals surface area (Å²) < 4.78 is 0. The van der Waals surface area contributed by atoms with Gasteiger partial charge in [0.2, 0.25) is 0 Å². The summed E-state index contributed by atoms with van der Waals surface area (Å²) in [5, 5.41) is 12.9. The smallest absolute Gasteiger partial charge is 0.0447 e. The molecule has 90 valence electrons. The second-order valence-corrected chi connectivity index (χ2v) is 4.36. The van der Waals surface area contributed by atoms with Crippen LogP contribution in [0.25, 0.3) is 0 Å². The van der Waals surface area contributed by atoms with E-state index in [0.29, 0.717) is 11.6 Å². The third-order valence-corrected chi connectivity index (χ3v) is 2.77. The quantitative estimate of drug-likeness (QED) is 0.712. The van der Waals surface area contributed by atoms with Crippen LogP contribution in [0.2, 0.25) is 5.02 Å². The van der Waals surface area contributed by atoms with Crippen LogP contribution in [0, 0.1) is 0 Å². The Morgan fingerprint density at radius 2 is 2.25 bits per heavy atom. The molecule has 0 bridgehead atoms. The van der Waals surface area contributed by atoms with Gasteiger partial charge in [-0.2, -0.15) is 0 Å². The van der Waals surface area contributed by atoms with E-state index in [2.05, 4.69) is 5.32 Å². The van der Waals surface area contributed by atoms with Crippen LogP contribution in [0.15, 0.2) is 24.3 Å². The fraction of sp³-hybridized carbons (Fsp3) is 0.500. The first-order valence-corrected chi connectivity index (χ1v) is 5.87. The predicted octanol–water partition coefficient (Wildman–Crippen LogP) is 1.70. The van der Waals surface area contributed by atoms with Crippen molar-refractivity contribution in [1.29, 1.82) is 0 Å². The molecule has 2 atom stereocenters. The number of aliphatic hydroxyl groups is 1. The van der Waals surface area contributed by atoms with E-state index in [1.54, 1.807) is 0 Å². The normalized spacial score (nSPS) is 14.8. The summed E-state index contributed by atoms with van der Waals surface area (Å²) in [5.74, 6) is 0. The van der Waals surface area contributed by atoms with Crippen molar-refractivity contribution in [2.24, 2.45) is 5.73 Å². The first kappa shape index (κ1) is 13.5. The van der Waals surface area contributed by atoms with Crippen molar-refractivity contribution in [1.82, 2.24) is 5.32 Å². The number of nitrogens with one attached hydrogen (secondary N) is 1. The minimum atomic E-state index is 0.0836. The average molecular weight is 243 g/mol. The van der Waals surface area contributed by atoms with Gasteiger partial charge in [-0.3, -0.25) is 0 Å². The predicted molar refractivity (Wildman–Crippen MR) is 67.5 cm³/mol. The molecule has 1 rings (SSSR count). The molecule has 0 heterocycles. The molecule has 1 aromatic carbocycles. The first-order chi connectivity index (χ1) is 7.67. The van der Waals surface area contributed by atoms with Crippen molar-refractivity contribution >= 4 is 11.6 Å². The van der Waals surface area contributed by atoms with E-state index in [1.165, 1.54) is 0 Å². The van der Waals surface area contributed by atoms with Crippen molar-refractivity contribution in [3.63, 3.8) is 0 Å². The molecule has 0 aromatic heterocycles. The lowest BCUT2D eigenvalue weighted by Crippen LogP contribution is -2.35. The molecule has 4 N–H and O–H groups in total. The van der Waals surface area contributed by atoms with Crippen LogP contribution < -0.4 is 11.1 Å². The van der Waals surface area contributed by atoms with Crippen molar-refractivity contribution < 1.29 is 5.11 Å². The van der Waals surface area contributed by atoms with Crippen LogP contribution in [0.3, 0.4) is 0 Å². The van der Waals surface area contributed by atoms with E-state index in [0.717, 1.165) is 12.0 Å². The highest BCUT2D eigenvalue weighted by Crippen LogP contribution is 2.17. The molecular formula is C12H19ClN2O. The molecule has 4 heteroatoms. The van der Waals surface area contributed by atoms with Crippen LogP contribution >= 0.6 is 11.6 Å². The minimum Gasteiger partial charge on any atom is -0.396 e. The Hall–Kier alpha value is -0.610. The van der Waals surface area contributed by atoms with Crippen LogP contribution in [0.4, 0.5) is 0 Å². The van der Waals surface area contributed by atoms with E-state index < -0.39 is 0 Å². The monoisotopic (exact) mass is 242 g/mol. The summed E-state index contributed by atoms with van der Waals surface area (Å²) in [6.45, 7) is 2.72. The van der Waals surface area contributed by atoms with Gasteiger partial charge in [0.25, 0.3) is 0 Å². The maximum absolute atomic E-state index is 8.84. The zero-order valence-corrected chi connectivity index (χ0v) is 10.2. The Morgan fingerprint density at radius 3 is 2.81 bits per heavy atom. The number of halogens is 1. The van der Waals surface area contributed by atoms with Gasteiger partial charge < -0.3 is 16.2 Å². The number of hydrogen-bond acceptors (Lipinski definition) is 3. The van der Waals surface area contributed by atoms with Crippen LogP contribution in [0.5, 0.6) is 0 Å². The lowest BCUT2D eigenvalue weighted by molar-refractivity contribution is 0.263. The average Bonchev–Trinajstić information content (AvgIpc) is 2.26. The highest BCUT2D eigenvalue weighted by atomic mass is 35.5. The maximum atomic E-state index is 8.84. The van der Waals surface area contributed by atoms with Gasteiger partial charge >= 0.3 is 0 Å². The van der Waals surface area contributed by atoms with E-state index in [1.807, 2.05) is 31.2 Å². The standard InChI is InChI=1S/C12H19ClN2O/c1-9(5-6-16)15-12(8-14)10-3-2-4-11(13)7-10/h2-4,7,9,12,15-16H,5-6,8,14H2,1H3. The van der Waals surface area contributed by atoms with Crippen molar-refractivity contribution in [2.75, 3.05) is 13.2 Å². The summed E-state index contributed by atoms with van der Waals surface area (Å²) in [7, 11) is 0. The SMILES string of the molecule is CC(CCO)NC(CN)c1cccc(Cl)c1. The van der Waals surface area contributed by atoms with Gasteiger partial charge in [-0.05, 0) is 31.0 Å². The zero-order valence-electron chi connectivity index (χ0n) is 9.49. The molecule has 0 spiro atoms. The molecule has 0 fully saturated rings. The largest absolute Gasteiger partial charge is 0.396 e. The molecule has 0 saturated carbocycles. The third-order valence-electron chi connectivity index (χ3n) is 2.53. The summed E-state index contributed by atoms with van der Waals surface area (Å²) in [6, 6.07) is 7.99. The number of benzene rings is 1. The van der Waals surface area contributed by atoms with Crippen molar-refractivity contribution in [3.05, 3.63) is 34.9 Å². The van der Waals surface area contributed by atoms with Crippen LogP contribution in [0.1, 0.15) is 24.9 Å². The van der Waals surface area contributed by atoms with Crippen molar-refractivity contribution in [3.8, 4) is 0 Å².